The van der Waals surface area contributed by atoms with Crippen LogP contribution in [-0.2, 0) is 32.1 Å². The highest BCUT2D eigenvalue weighted by Crippen LogP contribution is 2.47. The predicted octanol–water partition coefficient (Wildman–Crippen LogP) is 21.9. The first-order valence-corrected chi connectivity index (χ1v) is 30.4. The molecular weight excluding hydrogens is 836 g/mol. The van der Waals surface area contributed by atoms with Gasteiger partial charge in [0, 0.05) is 0 Å². The van der Waals surface area contributed by atoms with Gasteiger partial charge in [0.1, 0.15) is 17.2 Å². The molecular formula is C63H105O3P. The zero-order valence-electron chi connectivity index (χ0n) is 44.7. The molecule has 380 valence electrons. The molecule has 0 amide bonds. The molecule has 0 aliphatic rings. The molecule has 3 aromatic rings. The molecule has 0 spiro atoms. The Bertz CT molecular complexity index is 1410. The molecule has 0 aliphatic carbocycles. The number of unbranched alkanes of at least 4 members (excludes halogenated alkanes) is 30. The molecule has 3 nitrogen and oxygen atoms in total. The molecule has 3 rings (SSSR count). The highest BCUT2D eigenvalue weighted by molar-refractivity contribution is 7.43. The SMILES string of the molecule is CCCCCCCCCc1ccc(OP(Oc2c(CCCCCCCCC)cccc2CCCCCCCCC)Oc2c(CCCCCCCCC)cccc2CCCCCCCCC)cc1. The number of aryl methyl sites for hydroxylation is 5. The first-order chi connectivity index (χ1) is 33.1. The smallest absolute Gasteiger partial charge is 0.409 e. The van der Waals surface area contributed by atoms with Crippen LogP contribution in [0.1, 0.15) is 287 Å². The second-order valence-electron chi connectivity index (χ2n) is 20.3. The zero-order chi connectivity index (χ0) is 47.7. The molecule has 0 aromatic heterocycles. The highest BCUT2D eigenvalue weighted by atomic mass is 31.2. The van der Waals surface area contributed by atoms with E-state index in [4.69, 9.17) is 13.6 Å². The highest BCUT2D eigenvalue weighted by Gasteiger charge is 2.26. The van der Waals surface area contributed by atoms with Gasteiger partial charge in [-0.2, -0.15) is 0 Å². The van der Waals surface area contributed by atoms with E-state index < -0.39 is 8.60 Å². The summed E-state index contributed by atoms with van der Waals surface area (Å²) < 4.78 is 21.7. The average molecular weight is 942 g/mol. The molecule has 4 heteroatoms. The molecule has 0 atom stereocenters. The van der Waals surface area contributed by atoms with Gasteiger partial charge in [-0.05, 0) is 104 Å². The van der Waals surface area contributed by atoms with Crippen LogP contribution in [-0.4, -0.2) is 0 Å². The number of hydrogen-bond donors (Lipinski definition) is 0. The van der Waals surface area contributed by atoms with Crippen molar-refractivity contribution < 1.29 is 13.6 Å². The average Bonchev–Trinajstić information content (AvgIpc) is 3.34. The van der Waals surface area contributed by atoms with Gasteiger partial charge in [0.05, 0.1) is 0 Å². The largest absolute Gasteiger partial charge is 0.530 e. The Morgan fingerprint density at radius 1 is 0.269 bits per heavy atom. The maximum Gasteiger partial charge on any atom is 0.530 e. The zero-order valence-corrected chi connectivity index (χ0v) is 45.6. The van der Waals surface area contributed by atoms with Gasteiger partial charge in [0.25, 0.3) is 0 Å². The molecule has 0 aliphatic heterocycles. The van der Waals surface area contributed by atoms with E-state index in [-0.39, 0.29) is 0 Å². The van der Waals surface area contributed by atoms with Gasteiger partial charge in [-0.25, -0.2) is 0 Å². The van der Waals surface area contributed by atoms with Gasteiger partial charge < -0.3 is 13.6 Å². The van der Waals surface area contributed by atoms with Crippen LogP contribution in [0, 0.1) is 0 Å². The summed E-state index contributed by atoms with van der Waals surface area (Å²) in [7, 11) is -1.80. The van der Waals surface area contributed by atoms with Crippen LogP contribution in [0.15, 0.2) is 60.7 Å². The third-order valence-electron chi connectivity index (χ3n) is 14.1. The second-order valence-corrected chi connectivity index (χ2v) is 21.3. The Morgan fingerprint density at radius 3 is 0.806 bits per heavy atom. The molecule has 0 N–H and O–H groups in total. The van der Waals surface area contributed by atoms with Crippen molar-refractivity contribution in [3.63, 3.8) is 0 Å². The monoisotopic (exact) mass is 941 g/mol. The van der Waals surface area contributed by atoms with Crippen molar-refractivity contribution in [1.29, 1.82) is 0 Å². The summed E-state index contributed by atoms with van der Waals surface area (Å²) >= 11 is 0. The van der Waals surface area contributed by atoms with Crippen LogP contribution < -0.4 is 13.6 Å². The van der Waals surface area contributed by atoms with Crippen LogP contribution in [0.25, 0.3) is 0 Å². The molecule has 0 heterocycles. The lowest BCUT2D eigenvalue weighted by atomic mass is 9.98. The van der Waals surface area contributed by atoms with E-state index in [0.717, 1.165) is 49.4 Å². The maximum absolute atomic E-state index is 7.35. The lowest BCUT2D eigenvalue weighted by Crippen LogP contribution is -2.09. The van der Waals surface area contributed by atoms with Crippen molar-refractivity contribution in [1.82, 2.24) is 0 Å². The van der Waals surface area contributed by atoms with E-state index in [1.807, 2.05) is 0 Å². The van der Waals surface area contributed by atoms with Crippen LogP contribution in [0.5, 0.6) is 17.2 Å². The van der Waals surface area contributed by atoms with Crippen molar-refractivity contribution in [2.75, 3.05) is 0 Å². The van der Waals surface area contributed by atoms with Crippen LogP contribution >= 0.6 is 8.60 Å². The number of benzene rings is 3. The van der Waals surface area contributed by atoms with E-state index >= 15 is 0 Å². The molecule has 67 heavy (non-hydrogen) atoms. The summed E-state index contributed by atoms with van der Waals surface area (Å²) in [5.41, 5.74) is 6.66. The fourth-order valence-electron chi connectivity index (χ4n) is 9.68. The van der Waals surface area contributed by atoms with E-state index in [1.54, 1.807) is 0 Å². The second kappa shape index (κ2) is 41.3. The summed E-state index contributed by atoms with van der Waals surface area (Å²) in [5, 5.41) is 0. The number of hydrogen-bond acceptors (Lipinski definition) is 3. The Morgan fingerprint density at radius 2 is 0.522 bits per heavy atom. The third-order valence-corrected chi connectivity index (χ3v) is 15.1. The molecule has 0 unspecified atom stereocenters. The molecule has 0 fully saturated rings. The van der Waals surface area contributed by atoms with E-state index in [1.165, 1.54) is 253 Å². The summed E-state index contributed by atoms with van der Waals surface area (Å²) in [4.78, 5) is 0. The van der Waals surface area contributed by atoms with E-state index in [0.29, 0.717) is 0 Å². The Kier molecular flexibility index (Phi) is 36.2. The number of para-hydroxylation sites is 2. The minimum Gasteiger partial charge on any atom is -0.409 e. The van der Waals surface area contributed by atoms with Gasteiger partial charge in [-0.1, -0.05) is 276 Å². The summed E-state index contributed by atoms with van der Waals surface area (Å²) in [6, 6.07) is 22.8. The van der Waals surface area contributed by atoms with E-state index in [2.05, 4.69) is 95.3 Å². The molecule has 0 saturated heterocycles. The summed E-state index contributed by atoms with van der Waals surface area (Å²) in [6.07, 6.45) is 51.1. The first kappa shape index (κ1) is 58.8. The summed E-state index contributed by atoms with van der Waals surface area (Å²) in [5.74, 6) is 2.89. The Labute approximate surface area is 417 Å². The molecule has 0 saturated carbocycles. The Balaban J connectivity index is 1.95. The molecule has 0 bridgehead atoms. The van der Waals surface area contributed by atoms with Gasteiger partial charge in [0.2, 0.25) is 0 Å². The van der Waals surface area contributed by atoms with Crippen LogP contribution in [0.2, 0.25) is 0 Å². The topological polar surface area (TPSA) is 27.7 Å². The lowest BCUT2D eigenvalue weighted by molar-refractivity contribution is 0.379. The maximum atomic E-state index is 7.35. The number of rotatable bonds is 46. The quantitative estimate of drug-likeness (QED) is 0.0417. The van der Waals surface area contributed by atoms with Crippen LogP contribution in [0.4, 0.5) is 0 Å². The van der Waals surface area contributed by atoms with Crippen molar-refractivity contribution in [3.05, 3.63) is 88.5 Å². The molecule has 0 radical (unpaired) electrons. The van der Waals surface area contributed by atoms with Crippen molar-refractivity contribution >= 4 is 8.60 Å². The minimum atomic E-state index is -1.80. The standard InChI is InChI=1S/C63H105O3P/c1-6-11-16-21-26-31-36-43-56-52-54-61(55-53-56)64-67(65-62-57(44-37-32-27-22-17-12-7-2)48-41-49-58(62)45-38-33-28-23-18-13-8-3)66-63-59(46-39-34-29-24-19-14-9-4)50-42-51-60(63)47-40-35-30-25-20-15-10-5/h41-42,48-55H,6-40,43-47H2,1-5H3. The predicted molar refractivity (Wildman–Crippen MR) is 297 cm³/mol. The lowest BCUT2D eigenvalue weighted by Gasteiger charge is -2.24. The van der Waals surface area contributed by atoms with Gasteiger partial charge in [-0.15, -0.1) is 0 Å². The normalized spacial score (nSPS) is 11.5. The fraction of sp³-hybridized carbons (Fsp3) is 0.714. The van der Waals surface area contributed by atoms with Crippen LogP contribution in [0.3, 0.4) is 0 Å². The van der Waals surface area contributed by atoms with E-state index in [9.17, 15) is 0 Å². The van der Waals surface area contributed by atoms with Crippen molar-refractivity contribution in [2.24, 2.45) is 0 Å². The summed E-state index contributed by atoms with van der Waals surface area (Å²) in [6.45, 7) is 11.5. The first-order valence-electron chi connectivity index (χ1n) is 29.3. The Hall–Kier alpha value is -2.51. The van der Waals surface area contributed by atoms with Gasteiger partial charge >= 0.3 is 8.60 Å². The van der Waals surface area contributed by atoms with Crippen molar-refractivity contribution in [3.8, 4) is 17.2 Å². The third kappa shape index (κ3) is 28.1. The van der Waals surface area contributed by atoms with Gasteiger partial charge in [0.15, 0.2) is 0 Å². The molecule has 3 aromatic carbocycles. The van der Waals surface area contributed by atoms with Gasteiger partial charge in [-0.3, -0.25) is 0 Å². The fourth-order valence-corrected chi connectivity index (χ4v) is 10.9. The minimum absolute atomic E-state index is 0.839. The van der Waals surface area contributed by atoms with Crippen molar-refractivity contribution in [2.45, 2.75) is 291 Å².